The SMILES string of the molecule is COCCCN(Cc1ccc(C)o1)C[C@H](O)COc1ccc(OC)cc1. The van der Waals surface area contributed by atoms with Crippen molar-refractivity contribution < 1.29 is 23.7 Å². The lowest BCUT2D eigenvalue weighted by Crippen LogP contribution is -2.36. The Morgan fingerprint density at radius 2 is 1.81 bits per heavy atom. The van der Waals surface area contributed by atoms with Gasteiger partial charge in [0.25, 0.3) is 0 Å². The average Bonchev–Trinajstić information content (AvgIpc) is 3.05. The fraction of sp³-hybridized carbons (Fsp3) is 0.500. The Bertz CT molecular complexity index is 625. The van der Waals surface area contributed by atoms with Crippen LogP contribution in [0.15, 0.2) is 40.8 Å². The summed E-state index contributed by atoms with van der Waals surface area (Å²) < 4.78 is 21.6. The van der Waals surface area contributed by atoms with Gasteiger partial charge in [-0.2, -0.15) is 0 Å². The van der Waals surface area contributed by atoms with Crippen LogP contribution in [0.1, 0.15) is 17.9 Å². The lowest BCUT2D eigenvalue weighted by atomic mass is 10.2. The lowest BCUT2D eigenvalue weighted by molar-refractivity contribution is 0.0593. The number of ether oxygens (including phenoxy) is 3. The molecule has 0 fully saturated rings. The molecule has 0 aliphatic heterocycles. The van der Waals surface area contributed by atoms with Crippen LogP contribution in [0.4, 0.5) is 0 Å². The van der Waals surface area contributed by atoms with Crippen LogP contribution in [0.5, 0.6) is 11.5 Å². The van der Waals surface area contributed by atoms with Crippen LogP contribution < -0.4 is 9.47 Å². The normalized spacial score (nSPS) is 12.3. The molecular weight excluding hydrogens is 334 g/mol. The quantitative estimate of drug-likeness (QED) is 0.585. The molecule has 1 heterocycles. The molecule has 0 radical (unpaired) electrons. The zero-order valence-corrected chi connectivity index (χ0v) is 15.8. The summed E-state index contributed by atoms with van der Waals surface area (Å²) in [5, 5.41) is 10.4. The van der Waals surface area contributed by atoms with Gasteiger partial charge in [-0.1, -0.05) is 0 Å². The molecule has 6 heteroatoms. The van der Waals surface area contributed by atoms with E-state index < -0.39 is 6.10 Å². The number of furan rings is 1. The van der Waals surface area contributed by atoms with Crippen LogP contribution in [0.25, 0.3) is 0 Å². The standard InChI is InChI=1S/C20H29NO5/c1-16-5-6-20(26-16)14-21(11-4-12-23-2)13-17(22)15-25-19-9-7-18(24-3)8-10-19/h5-10,17,22H,4,11-15H2,1-3H3/t17-/m0/s1. The summed E-state index contributed by atoms with van der Waals surface area (Å²) in [6.45, 7) is 4.80. The van der Waals surface area contributed by atoms with Gasteiger partial charge < -0.3 is 23.7 Å². The van der Waals surface area contributed by atoms with Gasteiger partial charge in [0.2, 0.25) is 0 Å². The number of benzene rings is 1. The number of hydrogen-bond donors (Lipinski definition) is 1. The molecule has 6 nitrogen and oxygen atoms in total. The molecule has 26 heavy (non-hydrogen) atoms. The van der Waals surface area contributed by atoms with E-state index in [1.165, 1.54) is 0 Å². The Labute approximate surface area is 155 Å². The lowest BCUT2D eigenvalue weighted by Gasteiger charge is -2.24. The highest BCUT2D eigenvalue weighted by Crippen LogP contribution is 2.17. The number of nitrogens with zero attached hydrogens (tertiary/aromatic N) is 1. The number of aryl methyl sites for hydroxylation is 1. The smallest absolute Gasteiger partial charge is 0.119 e. The Morgan fingerprint density at radius 3 is 2.42 bits per heavy atom. The molecule has 0 bridgehead atoms. The first-order valence-corrected chi connectivity index (χ1v) is 8.82. The van der Waals surface area contributed by atoms with Crippen molar-refractivity contribution in [3.05, 3.63) is 47.9 Å². The van der Waals surface area contributed by atoms with E-state index in [0.29, 0.717) is 25.4 Å². The maximum absolute atomic E-state index is 10.4. The van der Waals surface area contributed by atoms with Gasteiger partial charge in [-0.25, -0.2) is 0 Å². The molecule has 2 rings (SSSR count). The van der Waals surface area contributed by atoms with E-state index in [1.54, 1.807) is 14.2 Å². The average molecular weight is 363 g/mol. The van der Waals surface area contributed by atoms with E-state index in [9.17, 15) is 5.11 Å². The minimum Gasteiger partial charge on any atom is -0.497 e. The topological polar surface area (TPSA) is 64.3 Å². The van der Waals surface area contributed by atoms with Crippen molar-refractivity contribution in [2.24, 2.45) is 0 Å². The molecule has 0 amide bonds. The van der Waals surface area contributed by atoms with Crippen LogP contribution in [-0.4, -0.2) is 56.6 Å². The fourth-order valence-electron chi connectivity index (χ4n) is 2.67. The van der Waals surface area contributed by atoms with Gasteiger partial charge in [0, 0.05) is 26.8 Å². The molecule has 0 saturated heterocycles. The monoisotopic (exact) mass is 363 g/mol. The van der Waals surface area contributed by atoms with Gasteiger partial charge in [0.15, 0.2) is 0 Å². The molecule has 1 N–H and O–H groups in total. The van der Waals surface area contributed by atoms with Crippen molar-refractivity contribution in [2.75, 3.05) is 40.5 Å². The molecule has 0 aliphatic rings. The van der Waals surface area contributed by atoms with Crippen molar-refractivity contribution in [3.63, 3.8) is 0 Å². The van der Waals surface area contributed by atoms with Crippen LogP contribution in [0.2, 0.25) is 0 Å². The third kappa shape index (κ3) is 7.07. The predicted octanol–water partition coefficient (Wildman–Crippen LogP) is 2.88. The van der Waals surface area contributed by atoms with Crippen molar-refractivity contribution >= 4 is 0 Å². The van der Waals surface area contributed by atoms with Gasteiger partial charge in [0.05, 0.1) is 13.7 Å². The van der Waals surface area contributed by atoms with Gasteiger partial charge >= 0.3 is 0 Å². The van der Waals surface area contributed by atoms with Gasteiger partial charge in [-0.3, -0.25) is 4.90 Å². The van der Waals surface area contributed by atoms with E-state index in [-0.39, 0.29) is 6.61 Å². The third-order valence-electron chi connectivity index (χ3n) is 3.97. The van der Waals surface area contributed by atoms with Crippen molar-refractivity contribution in [1.82, 2.24) is 4.90 Å². The Kier molecular flexibility index (Phi) is 8.47. The Morgan fingerprint density at radius 1 is 1.08 bits per heavy atom. The fourth-order valence-corrected chi connectivity index (χ4v) is 2.67. The molecule has 144 valence electrons. The van der Waals surface area contributed by atoms with Gasteiger partial charge in [-0.15, -0.1) is 0 Å². The summed E-state index contributed by atoms with van der Waals surface area (Å²) in [5.41, 5.74) is 0. The number of aliphatic hydroxyl groups excluding tert-OH is 1. The van der Waals surface area contributed by atoms with Crippen molar-refractivity contribution in [1.29, 1.82) is 0 Å². The summed E-state index contributed by atoms with van der Waals surface area (Å²) in [6, 6.07) is 11.2. The number of aliphatic hydroxyl groups is 1. The van der Waals surface area contributed by atoms with E-state index in [4.69, 9.17) is 18.6 Å². The number of methoxy groups -OCH3 is 2. The maximum Gasteiger partial charge on any atom is 0.119 e. The molecule has 0 spiro atoms. The van der Waals surface area contributed by atoms with Crippen LogP contribution in [0.3, 0.4) is 0 Å². The molecule has 1 aromatic carbocycles. The van der Waals surface area contributed by atoms with E-state index in [2.05, 4.69) is 4.90 Å². The second-order valence-corrected chi connectivity index (χ2v) is 6.23. The molecule has 2 aromatic rings. The molecular formula is C20H29NO5. The molecule has 1 aromatic heterocycles. The summed E-state index contributed by atoms with van der Waals surface area (Å²) >= 11 is 0. The largest absolute Gasteiger partial charge is 0.497 e. The van der Waals surface area contributed by atoms with E-state index >= 15 is 0 Å². The highest BCUT2D eigenvalue weighted by atomic mass is 16.5. The summed E-state index contributed by atoms with van der Waals surface area (Å²) in [4.78, 5) is 2.15. The summed E-state index contributed by atoms with van der Waals surface area (Å²) in [6.07, 6.45) is 0.290. The molecule has 0 saturated carbocycles. The predicted molar refractivity (Wildman–Crippen MR) is 99.7 cm³/mol. The maximum atomic E-state index is 10.4. The van der Waals surface area contributed by atoms with Crippen LogP contribution >= 0.6 is 0 Å². The van der Waals surface area contributed by atoms with Crippen LogP contribution in [0, 0.1) is 6.92 Å². The zero-order chi connectivity index (χ0) is 18.8. The zero-order valence-electron chi connectivity index (χ0n) is 15.8. The van der Waals surface area contributed by atoms with Gasteiger partial charge in [0.1, 0.15) is 35.7 Å². The summed E-state index contributed by atoms with van der Waals surface area (Å²) in [5.74, 6) is 3.26. The Balaban J connectivity index is 1.83. The first-order chi connectivity index (χ1) is 12.6. The minimum absolute atomic E-state index is 0.226. The van der Waals surface area contributed by atoms with E-state index in [1.807, 2.05) is 43.3 Å². The molecule has 1 atom stereocenters. The highest BCUT2D eigenvalue weighted by Gasteiger charge is 2.14. The molecule has 0 aliphatic carbocycles. The third-order valence-corrected chi connectivity index (χ3v) is 3.97. The van der Waals surface area contributed by atoms with Crippen molar-refractivity contribution in [2.45, 2.75) is 26.0 Å². The van der Waals surface area contributed by atoms with E-state index in [0.717, 1.165) is 30.2 Å². The summed E-state index contributed by atoms with van der Waals surface area (Å²) in [7, 11) is 3.32. The van der Waals surface area contributed by atoms with Gasteiger partial charge in [-0.05, 0) is 49.7 Å². The second-order valence-electron chi connectivity index (χ2n) is 6.23. The van der Waals surface area contributed by atoms with Crippen LogP contribution in [-0.2, 0) is 11.3 Å². The first kappa shape index (κ1) is 20.3. The second kappa shape index (κ2) is 10.9. The minimum atomic E-state index is -0.601. The van der Waals surface area contributed by atoms with Crippen molar-refractivity contribution in [3.8, 4) is 11.5 Å². The number of hydrogen-bond acceptors (Lipinski definition) is 6. The highest BCUT2D eigenvalue weighted by molar-refractivity contribution is 5.31. The molecule has 0 unspecified atom stereocenters. The number of rotatable bonds is 12. The first-order valence-electron chi connectivity index (χ1n) is 8.82. The Hall–Kier alpha value is -2.02.